The van der Waals surface area contributed by atoms with Gasteiger partial charge < -0.3 is 10.3 Å². The van der Waals surface area contributed by atoms with Gasteiger partial charge in [0.2, 0.25) is 0 Å². The summed E-state index contributed by atoms with van der Waals surface area (Å²) in [6.07, 6.45) is 11.3. The number of nitrogens with one attached hydrogen (secondary N) is 2. The van der Waals surface area contributed by atoms with Crippen molar-refractivity contribution in [3.63, 3.8) is 0 Å². The topological polar surface area (TPSA) is 57.8 Å². The first-order chi connectivity index (χ1) is 10.7. The lowest BCUT2D eigenvalue weighted by molar-refractivity contribution is -0.0167. The number of aromatic amines is 1. The number of rotatable bonds is 2. The summed E-state index contributed by atoms with van der Waals surface area (Å²) in [5, 5.41) is 4.41. The third kappa shape index (κ3) is 1.89. The van der Waals surface area contributed by atoms with Gasteiger partial charge in [0.15, 0.2) is 0 Å². The molecule has 114 valence electrons. The van der Waals surface area contributed by atoms with Gasteiger partial charge in [-0.2, -0.15) is 0 Å². The molecule has 1 amide bonds. The predicted molar refractivity (Wildman–Crippen MR) is 84.5 cm³/mol. The molecule has 0 radical (unpaired) electrons. The van der Waals surface area contributed by atoms with Crippen molar-refractivity contribution in [1.29, 1.82) is 0 Å². The molecule has 4 bridgehead atoms. The van der Waals surface area contributed by atoms with Crippen LogP contribution in [-0.4, -0.2) is 21.4 Å². The van der Waals surface area contributed by atoms with Crippen molar-refractivity contribution >= 4 is 16.8 Å². The Morgan fingerprint density at radius 2 is 1.86 bits per heavy atom. The van der Waals surface area contributed by atoms with Crippen LogP contribution in [0, 0.1) is 17.8 Å². The second-order valence-electron chi connectivity index (χ2n) is 7.80. The predicted octanol–water partition coefficient (Wildman–Crippen LogP) is 3.26. The summed E-state index contributed by atoms with van der Waals surface area (Å²) in [4.78, 5) is 20.1. The summed E-state index contributed by atoms with van der Waals surface area (Å²) in [5.41, 5.74) is 1.71. The Morgan fingerprint density at radius 3 is 2.50 bits per heavy atom. The third-order valence-corrected chi connectivity index (χ3v) is 6.08. The zero-order valence-electron chi connectivity index (χ0n) is 12.6. The number of carbonyl (C=O) groups excluding carboxylic acids is 1. The Bertz CT molecular complexity index is 679. The maximum absolute atomic E-state index is 12.7. The van der Waals surface area contributed by atoms with Crippen LogP contribution in [0.2, 0.25) is 0 Å². The molecule has 2 N–H and O–H groups in total. The summed E-state index contributed by atoms with van der Waals surface area (Å²) < 4.78 is 0. The highest BCUT2D eigenvalue weighted by Gasteiger charge is 2.51. The highest BCUT2D eigenvalue weighted by Crippen LogP contribution is 2.55. The van der Waals surface area contributed by atoms with Crippen LogP contribution in [0.3, 0.4) is 0 Å². The van der Waals surface area contributed by atoms with E-state index in [4.69, 9.17) is 0 Å². The molecule has 2 aromatic heterocycles. The van der Waals surface area contributed by atoms with E-state index in [9.17, 15) is 4.79 Å². The number of hydrogen-bond acceptors (Lipinski definition) is 2. The van der Waals surface area contributed by atoms with Crippen LogP contribution in [0.15, 0.2) is 24.5 Å². The Morgan fingerprint density at radius 1 is 1.18 bits per heavy atom. The number of pyridine rings is 1. The zero-order chi connectivity index (χ0) is 14.7. The van der Waals surface area contributed by atoms with Crippen molar-refractivity contribution in [1.82, 2.24) is 15.3 Å². The highest BCUT2D eigenvalue weighted by molar-refractivity contribution is 5.98. The minimum absolute atomic E-state index is 0.0538. The fraction of sp³-hybridized carbons (Fsp3) is 0.556. The van der Waals surface area contributed by atoms with E-state index in [1.165, 1.54) is 38.5 Å². The van der Waals surface area contributed by atoms with E-state index in [-0.39, 0.29) is 11.4 Å². The van der Waals surface area contributed by atoms with Crippen LogP contribution < -0.4 is 5.32 Å². The molecule has 0 unspecified atom stereocenters. The maximum atomic E-state index is 12.7. The number of fused-ring (bicyclic) bond motifs is 1. The number of H-pyrrole nitrogens is 1. The maximum Gasteiger partial charge on any atom is 0.268 e. The molecule has 0 spiro atoms. The van der Waals surface area contributed by atoms with Crippen molar-refractivity contribution in [2.45, 2.75) is 44.1 Å². The molecule has 0 aliphatic heterocycles. The quantitative estimate of drug-likeness (QED) is 0.893. The van der Waals surface area contributed by atoms with Gasteiger partial charge in [-0.15, -0.1) is 0 Å². The van der Waals surface area contributed by atoms with Crippen molar-refractivity contribution in [2.75, 3.05) is 0 Å². The molecule has 4 saturated carbocycles. The van der Waals surface area contributed by atoms with Gasteiger partial charge >= 0.3 is 0 Å². The first kappa shape index (κ1) is 12.7. The van der Waals surface area contributed by atoms with E-state index < -0.39 is 0 Å². The minimum atomic E-state index is 0.0538. The van der Waals surface area contributed by atoms with Gasteiger partial charge in [0, 0.05) is 28.8 Å². The van der Waals surface area contributed by atoms with Gasteiger partial charge in [-0.3, -0.25) is 9.78 Å². The zero-order valence-corrected chi connectivity index (χ0v) is 12.6. The summed E-state index contributed by atoms with van der Waals surface area (Å²) >= 11 is 0. The van der Waals surface area contributed by atoms with Gasteiger partial charge in [-0.05, 0) is 68.4 Å². The number of carbonyl (C=O) groups is 1. The average molecular weight is 295 g/mol. The number of amides is 1. The Hall–Kier alpha value is -1.84. The number of hydrogen-bond donors (Lipinski definition) is 2. The molecule has 4 fully saturated rings. The standard InChI is InChI=1S/C18H21N3O/c22-17(16-6-14-10-19-2-1-15(14)20-16)21-18-7-11-3-12(8-18)5-13(4-11)9-18/h1-2,6,10-13,20H,3-5,7-9H2,(H,21,22). The normalized spacial score (nSPS) is 35.9. The van der Waals surface area contributed by atoms with Crippen LogP contribution in [0.4, 0.5) is 0 Å². The van der Waals surface area contributed by atoms with Crippen molar-refractivity contribution in [3.8, 4) is 0 Å². The number of nitrogens with zero attached hydrogens (tertiary/aromatic N) is 1. The second-order valence-corrected chi connectivity index (χ2v) is 7.80. The first-order valence-electron chi connectivity index (χ1n) is 8.44. The summed E-state index contributed by atoms with van der Waals surface area (Å²) in [6, 6.07) is 3.83. The minimum Gasteiger partial charge on any atom is -0.350 e. The van der Waals surface area contributed by atoms with E-state index in [2.05, 4.69) is 15.3 Å². The van der Waals surface area contributed by atoms with Gasteiger partial charge in [-0.1, -0.05) is 0 Å². The first-order valence-corrected chi connectivity index (χ1v) is 8.44. The fourth-order valence-corrected chi connectivity index (χ4v) is 5.67. The third-order valence-electron chi connectivity index (χ3n) is 6.08. The number of aromatic nitrogens is 2. The molecule has 4 aliphatic rings. The van der Waals surface area contributed by atoms with E-state index >= 15 is 0 Å². The molecule has 22 heavy (non-hydrogen) atoms. The molecular formula is C18H21N3O. The molecule has 6 rings (SSSR count). The Kier molecular flexibility index (Phi) is 2.50. The van der Waals surface area contributed by atoms with Crippen LogP contribution in [-0.2, 0) is 0 Å². The average Bonchev–Trinajstić information content (AvgIpc) is 2.89. The molecule has 0 saturated heterocycles. The fourth-order valence-electron chi connectivity index (χ4n) is 5.67. The molecule has 2 heterocycles. The van der Waals surface area contributed by atoms with Crippen molar-refractivity contribution in [3.05, 3.63) is 30.2 Å². The molecule has 0 atom stereocenters. The summed E-state index contributed by atoms with van der Waals surface area (Å²) in [5.74, 6) is 2.59. The SMILES string of the molecule is O=C(NC12CC3CC(CC(C3)C1)C2)c1cc2cnccc2[nH]1. The molecular weight excluding hydrogens is 274 g/mol. The van der Waals surface area contributed by atoms with Gasteiger partial charge in [0.1, 0.15) is 5.69 Å². The molecule has 2 aromatic rings. The van der Waals surface area contributed by atoms with Crippen LogP contribution in [0.1, 0.15) is 49.0 Å². The van der Waals surface area contributed by atoms with E-state index in [1.807, 2.05) is 12.1 Å². The van der Waals surface area contributed by atoms with Crippen LogP contribution >= 0.6 is 0 Å². The lowest BCUT2D eigenvalue weighted by atomic mass is 9.53. The summed E-state index contributed by atoms with van der Waals surface area (Å²) in [7, 11) is 0. The van der Waals surface area contributed by atoms with Gasteiger partial charge in [0.25, 0.3) is 5.91 Å². The lowest BCUT2D eigenvalue weighted by Gasteiger charge is -2.56. The Balaban J connectivity index is 1.42. The van der Waals surface area contributed by atoms with E-state index in [1.54, 1.807) is 12.4 Å². The summed E-state index contributed by atoms with van der Waals surface area (Å²) in [6.45, 7) is 0. The second kappa shape index (κ2) is 4.34. The Labute approximate surface area is 129 Å². The van der Waals surface area contributed by atoms with Crippen molar-refractivity contribution < 1.29 is 4.79 Å². The van der Waals surface area contributed by atoms with Crippen LogP contribution in [0.25, 0.3) is 10.9 Å². The van der Waals surface area contributed by atoms with E-state index in [0.717, 1.165) is 28.7 Å². The molecule has 4 heteroatoms. The molecule has 0 aromatic carbocycles. The van der Waals surface area contributed by atoms with Crippen LogP contribution in [0.5, 0.6) is 0 Å². The smallest absolute Gasteiger partial charge is 0.268 e. The lowest BCUT2D eigenvalue weighted by Crippen LogP contribution is -2.59. The van der Waals surface area contributed by atoms with E-state index in [0.29, 0.717) is 5.69 Å². The van der Waals surface area contributed by atoms with Crippen molar-refractivity contribution in [2.24, 2.45) is 17.8 Å². The largest absolute Gasteiger partial charge is 0.350 e. The van der Waals surface area contributed by atoms with Gasteiger partial charge in [0.05, 0.1) is 0 Å². The monoisotopic (exact) mass is 295 g/mol. The molecule has 4 nitrogen and oxygen atoms in total. The van der Waals surface area contributed by atoms with Gasteiger partial charge in [-0.25, -0.2) is 0 Å². The molecule has 4 aliphatic carbocycles. The highest BCUT2D eigenvalue weighted by atomic mass is 16.2.